The number of ketones is 1. The number of halogens is 1. The van der Waals surface area contributed by atoms with Gasteiger partial charge >= 0.3 is 0 Å². The van der Waals surface area contributed by atoms with Crippen molar-refractivity contribution in [3.8, 4) is 5.69 Å². The Hall–Kier alpha value is -2.22. The van der Waals surface area contributed by atoms with Gasteiger partial charge in [0.25, 0.3) is 0 Å². The maximum atomic E-state index is 13.0. The molecule has 1 aliphatic heterocycles. The van der Waals surface area contributed by atoms with Crippen LogP contribution in [0.1, 0.15) is 39.8 Å². The SMILES string of the molecule is CCc1nnc([C@@H]2C(=N)S/C(=C\c3cc(C)n(-c4ccc(Cl)cc4)c3C)C2=O)s1. The number of thioether (sulfide) groups is 1. The predicted molar refractivity (Wildman–Crippen MR) is 121 cm³/mol. The molecule has 3 heterocycles. The number of carbonyl (C=O) groups is 1. The fourth-order valence-corrected chi connectivity index (χ4v) is 5.47. The van der Waals surface area contributed by atoms with E-state index in [1.807, 2.05) is 51.1 Å². The van der Waals surface area contributed by atoms with Crippen LogP contribution in [0.4, 0.5) is 0 Å². The third-order valence-electron chi connectivity index (χ3n) is 4.86. The van der Waals surface area contributed by atoms with E-state index >= 15 is 0 Å². The summed E-state index contributed by atoms with van der Waals surface area (Å²) in [7, 11) is 0. The zero-order valence-electron chi connectivity index (χ0n) is 16.2. The molecule has 29 heavy (non-hydrogen) atoms. The number of rotatable bonds is 4. The van der Waals surface area contributed by atoms with Gasteiger partial charge in [-0.3, -0.25) is 10.2 Å². The number of aromatic nitrogens is 3. The molecule has 148 valence electrons. The lowest BCUT2D eigenvalue weighted by molar-refractivity contribution is -0.114. The second kappa shape index (κ2) is 7.89. The van der Waals surface area contributed by atoms with Crippen LogP contribution in [0.25, 0.3) is 11.8 Å². The zero-order chi connectivity index (χ0) is 20.7. The second-order valence-corrected chi connectivity index (χ2v) is 9.41. The Kier molecular flexibility index (Phi) is 5.46. The van der Waals surface area contributed by atoms with E-state index in [9.17, 15) is 4.79 Å². The molecule has 3 aromatic rings. The normalized spacial score (nSPS) is 18.2. The molecule has 1 N–H and O–H groups in total. The highest BCUT2D eigenvalue weighted by Crippen LogP contribution is 2.42. The fraction of sp³-hybridized carbons (Fsp3) is 0.238. The van der Waals surface area contributed by atoms with Gasteiger partial charge in [0.15, 0.2) is 5.78 Å². The van der Waals surface area contributed by atoms with E-state index in [4.69, 9.17) is 17.0 Å². The minimum Gasteiger partial charge on any atom is -0.318 e. The number of Topliss-reactive ketones (excluding diaryl/α,β-unsaturated/α-hetero) is 1. The quantitative estimate of drug-likeness (QED) is 0.535. The van der Waals surface area contributed by atoms with Crippen molar-refractivity contribution < 1.29 is 4.79 Å². The average molecular weight is 443 g/mol. The van der Waals surface area contributed by atoms with Gasteiger partial charge in [-0.15, -0.1) is 21.5 Å². The molecule has 8 heteroatoms. The third kappa shape index (κ3) is 3.70. The number of aryl methyl sites for hydroxylation is 2. The number of hydrogen-bond donors (Lipinski definition) is 1. The molecule has 0 radical (unpaired) electrons. The van der Waals surface area contributed by atoms with Crippen molar-refractivity contribution >= 4 is 51.6 Å². The molecule has 1 saturated heterocycles. The molecule has 0 saturated carbocycles. The van der Waals surface area contributed by atoms with E-state index in [2.05, 4.69) is 20.8 Å². The number of allylic oxidation sites excluding steroid dienone is 1. The van der Waals surface area contributed by atoms with Gasteiger partial charge in [-0.05, 0) is 62.2 Å². The first-order valence-corrected chi connectivity index (χ1v) is 11.2. The molecule has 4 rings (SSSR count). The van der Waals surface area contributed by atoms with Crippen molar-refractivity contribution in [3.63, 3.8) is 0 Å². The summed E-state index contributed by atoms with van der Waals surface area (Å²) < 4.78 is 2.13. The summed E-state index contributed by atoms with van der Waals surface area (Å²) >= 11 is 8.65. The maximum absolute atomic E-state index is 13.0. The first-order valence-electron chi connectivity index (χ1n) is 9.18. The van der Waals surface area contributed by atoms with Gasteiger partial charge in [0.2, 0.25) is 0 Å². The lowest BCUT2D eigenvalue weighted by Crippen LogP contribution is -2.11. The summed E-state index contributed by atoms with van der Waals surface area (Å²) in [5, 5.41) is 19.1. The van der Waals surface area contributed by atoms with Gasteiger partial charge in [-0.25, -0.2) is 0 Å². The highest BCUT2D eigenvalue weighted by atomic mass is 35.5. The van der Waals surface area contributed by atoms with Crippen molar-refractivity contribution in [1.82, 2.24) is 14.8 Å². The summed E-state index contributed by atoms with van der Waals surface area (Å²) in [4.78, 5) is 13.6. The summed E-state index contributed by atoms with van der Waals surface area (Å²) in [6.07, 6.45) is 2.66. The summed E-state index contributed by atoms with van der Waals surface area (Å²) in [6.45, 7) is 6.06. The number of hydrogen-bond acceptors (Lipinski definition) is 6. The zero-order valence-corrected chi connectivity index (χ0v) is 18.6. The van der Waals surface area contributed by atoms with Gasteiger partial charge in [-0.2, -0.15) is 0 Å². The molecule has 1 fully saturated rings. The molecule has 2 aromatic heterocycles. The molecule has 1 aromatic carbocycles. The monoisotopic (exact) mass is 442 g/mol. The molecule has 0 unspecified atom stereocenters. The summed E-state index contributed by atoms with van der Waals surface area (Å²) in [5.41, 5.74) is 4.08. The van der Waals surface area contributed by atoms with Crippen LogP contribution in [0, 0.1) is 19.3 Å². The Morgan fingerprint density at radius 2 is 1.97 bits per heavy atom. The van der Waals surface area contributed by atoms with Crippen molar-refractivity contribution in [1.29, 1.82) is 5.41 Å². The fourth-order valence-electron chi connectivity index (χ4n) is 3.40. The minimum absolute atomic E-state index is 0.0740. The molecule has 0 bridgehead atoms. The Morgan fingerprint density at radius 3 is 2.62 bits per heavy atom. The molecule has 1 aliphatic rings. The van der Waals surface area contributed by atoms with Crippen LogP contribution in [0.5, 0.6) is 0 Å². The van der Waals surface area contributed by atoms with Gasteiger partial charge in [0.1, 0.15) is 15.9 Å². The van der Waals surface area contributed by atoms with Crippen LogP contribution in [-0.4, -0.2) is 25.6 Å². The highest BCUT2D eigenvalue weighted by Gasteiger charge is 2.39. The van der Waals surface area contributed by atoms with Gasteiger partial charge < -0.3 is 4.57 Å². The number of nitrogens with one attached hydrogen (secondary N) is 1. The van der Waals surface area contributed by atoms with Gasteiger partial charge in [0, 0.05) is 22.1 Å². The Balaban J connectivity index is 1.68. The van der Waals surface area contributed by atoms with Crippen LogP contribution in [-0.2, 0) is 11.2 Å². The van der Waals surface area contributed by atoms with Crippen molar-refractivity contribution in [2.45, 2.75) is 33.1 Å². The number of nitrogens with zero attached hydrogens (tertiary/aromatic N) is 3. The van der Waals surface area contributed by atoms with Crippen LogP contribution in [0.2, 0.25) is 5.02 Å². The lowest BCUT2D eigenvalue weighted by Gasteiger charge is -2.09. The molecule has 0 amide bonds. The third-order valence-corrected chi connectivity index (χ3v) is 7.24. The van der Waals surface area contributed by atoms with Crippen LogP contribution < -0.4 is 0 Å². The molecular formula is C21H19ClN4OS2. The lowest BCUT2D eigenvalue weighted by atomic mass is 10.1. The Labute approximate surface area is 182 Å². The van der Waals surface area contributed by atoms with E-state index in [0.717, 1.165) is 34.1 Å². The molecule has 5 nitrogen and oxygen atoms in total. The first-order chi connectivity index (χ1) is 13.9. The average Bonchev–Trinajstić information content (AvgIpc) is 3.34. The predicted octanol–water partition coefficient (Wildman–Crippen LogP) is 5.58. The summed E-state index contributed by atoms with van der Waals surface area (Å²) in [5.74, 6) is -0.695. The van der Waals surface area contributed by atoms with Gasteiger partial charge in [-0.1, -0.05) is 30.3 Å². The number of benzene rings is 1. The second-order valence-electron chi connectivity index (χ2n) is 6.80. The molecular weight excluding hydrogens is 424 g/mol. The largest absolute Gasteiger partial charge is 0.318 e. The van der Waals surface area contributed by atoms with E-state index in [1.54, 1.807) is 0 Å². The van der Waals surface area contributed by atoms with E-state index < -0.39 is 5.92 Å². The molecule has 1 atom stereocenters. The van der Waals surface area contributed by atoms with E-state index in [1.165, 1.54) is 23.1 Å². The highest BCUT2D eigenvalue weighted by molar-refractivity contribution is 8.19. The van der Waals surface area contributed by atoms with Crippen molar-refractivity contribution in [2.75, 3.05) is 0 Å². The molecule has 0 aliphatic carbocycles. The first kappa shape index (κ1) is 20.1. The van der Waals surface area contributed by atoms with Crippen LogP contribution in [0.3, 0.4) is 0 Å². The minimum atomic E-state index is -0.621. The van der Waals surface area contributed by atoms with Crippen molar-refractivity contribution in [3.05, 3.63) is 67.2 Å². The van der Waals surface area contributed by atoms with Gasteiger partial charge in [0.05, 0.1) is 9.95 Å². The standard InChI is InChI=1S/C21H19ClN4OS2/c1-4-17-24-25-21(29-17)18-19(27)16(28-20(18)23)10-13-9-11(2)26(12(13)3)15-7-5-14(22)6-8-15/h5-10,18,23H,4H2,1-3H3/b16-10-,23-20?/t18-/m0/s1. The van der Waals surface area contributed by atoms with Crippen molar-refractivity contribution in [2.24, 2.45) is 0 Å². The van der Waals surface area contributed by atoms with Crippen LogP contribution in [0.15, 0.2) is 35.2 Å². The summed E-state index contributed by atoms with van der Waals surface area (Å²) in [6, 6.07) is 9.73. The Bertz CT molecular complexity index is 1140. The van der Waals surface area contributed by atoms with E-state index in [-0.39, 0.29) is 5.78 Å². The Morgan fingerprint density at radius 1 is 1.24 bits per heavy atom. The van der Waals surface area contributed by atoms with E-state index in [0.29, 0.717) is 20.0 Å². The molecule has 0 spiro atoms. The maximum Gasteiger partial charge on any atom is 0.186 e. The smallest absolute Gasteiger partial charge is 0.186 e. The van der Waals surface area contributed by atoms with Crippen LogP contribution >= 0.6 is 34.7 Å². The number of carbonyl (C=O) groups excluding carboxylic acids is 1. The topological polar surface area (TPSA) is 71.6 Å².